The van der Waals surface area contributed by atoms with Crippen molar-refractivity contribution >= 4 is 23.3 Å². The van der Waals surface area contributed by atoms with E-state index < -0.39 is 0 Å². The highest BCUT2D eigenvalue weighted by atomic mass is 35.5. The van der Waals surface area contributed by atoms with Gasteiger partial charge in [0, 0.05) is 62.0 Å². The molecule has 3 heterocycles. The molecule has 2 atom stereocenters. The van der Waals surface area contributed by atoms with Gasteiger partial charge in [0.2, 0.25) is 5.91 Å². The zero-order valence-electron chi connectivity index (χ0n) is 20.5. The number of Topliss-reactive ketones (excluding diaryl/α,β-unsaturated/α-hetero) is 1. The number of hydrogen-bond donors (Lipinski definition) is 0. The Labute approximate surface area is 211 Å². The predicted molar refractivity (Wildman–Crippen MR) is 133 cm³/mol. The summed E-state index contributed by atoms with van der Waals surface area (Å²) in [5, 5.41) is 9.85. The molecule has 2 aliphatic heterocycles. The van der Waals surface area contributed by atoms with Crippen molar-refractivity contribution in [1.82, 2.24) is 14.8 Å². The Bertz CT molecular complexity index is 1170. The van der Waals surface area contributed by atoms with Gasteiger partial charge >= 0.3 is 0 Å². The molecule has 1 amide bonds. The van der Waals surface area contributed by atoms with E-state index in [0.29, 0.717) is 48.1 Å². The number of amides is 1. The highest BCUT2D eigenvalue weighted by Crippen LogP contribution is 2.26. The van der Waals surface area contributed by atoms with E-state index in [9.17, 15) is 14.9 Å². The molecule has 2 aromatic rings. The number of ketones is 1. The maximum absolute atomic E-state index is 13.0. The van der Waals surface area contributed by atoms with Crippen LogP contribution in [0.3, 0.4) is 0 Å². The first-order valence-corrected chi connectivity index (χ1v) is 12.4. The molecule has 35 heavy (non-hydrogen) atoms. The summed E-state index contributed by atoms with van der Waals surface area (Å²) in [6, 6.07) is 7.62. The van der Waals surface area contributed by atoms with Gasteiger partial charge < -0.3 is 9.64 Å². The number of benzene rings is 1. The molecule has 0 spiro atoms. The number of halogens is 1. The first kappa shape index (κ1) is 25.3. The topological polar surface area (TPSA) is 86.5 Å². The van der Waals surface area contributed by atoms with Gasteiger partial charge in [-0.3, -0.25) is 19.5 Å². The van der Waals surface area contributed by atoms with Crippen LogP contribution in [0.25, 0.3) is 0 Å². The number of aromatic nitrogens is 1. The largest absolute Gasteiger partial charge is 0.381 e. The third kappa shape index (κ3) is 5.72. The number of piperazine rings is 1. The predicted octanol–water partition coefficient (Wildman–Crippen LogP) is 3.72. The van der Waals surface area contributed by atoms with Gasteiger partial charge in [-0.05, 0) is 62.1 Å². The van der Waals surface area contributed by atoms with Gasteiger partial charge in [-0.1, -0.05) is 11.6 Å². The molecule has 184 valence electrons. The smallest absolute Gasteiger partial charge is 0.228 e. The molecule has 0 N–H and O–H groups in total. The van der Waals surface area contributed by atoms with E-state index in [4.69, 9.17) is 16.3 Å². The first-order chi connectivity index (χ1) is 16.8. The highest BCUT2D eigenvalue weighted by molar-refractivity contribution is 6.30. The van der Waals surface area contributed by atoms with E-state index >= 15 is 0 Å². The summed E-state index contributed by atoms with van der Waals surface area (Å²) in [6.07, 6.45) is 2.53. The summed E-state index contributed by atoms with van der Waals surface area (Å²) in [5.41, 5.74) is 4.44. The van der Waals surface area contributed by atoms with Gasteiger partial charge in [0.05, 0.1) is 23.8 Å². The van der Waals surface area contributed by atoms with Gasteiger partial charge in [0.25, 0.3) is 0 Å². The van der Waals surface area contributed by atoms with E-state index in [-0.39, 0.29) is 30.1 Å². The lowest BCUT2D eigenvalue weighted by atomic mass is 9.95. The SMILES string of the molecule is Cc1ncc(C(=O)Cc2cc(Cl)cc(CN3CCN(C(=O)[C@H]4CCOC4)[C@@H](C)C3)c2C)cc1C#N. The summed E-state index contributed by atoms with van der Waals surface area (Å²) >= 11 is 6.45. The number of hydrogen-bond acceptors (Lipinski definition) is 6. The monoisotopic (exact) mass is 494 g/mol. The van der Waals surface area contributed by atoms with Crippen LogP contribution in [0, 0.1) is 31.1 Å². The van der Waals surface area contributed by atoms with Crippen LogP contribution in [0.2, 0.25) is 5.02 Å². The second kappa shape index (κ2) is 10.9. The maximum atomic E-state index is 13.0. The first-order valence-electron chi connectivity index (χ1n) is 12.0. The minimum Gasteiger partial charge on any atom is -0.381 e. The van der Waals surface area contributed by atoms with Gasteiger partial charge in [0.1, 0.15) is 6.07 Å². The fraction of sp³-hybridized carbons (Fsp3) is 0.481. The number of pyridine rings is 1. The highest BCUT2D eigenvalue weighted by Gasteiger charge is 2.33. The second-order valence-corrected chi connectivity index (χ2v) is 10.0. The molecule has 2 aliphatic rings. The van der Waals surface area contributed by atoms with Crippen molar-refractivity contribution in [3.8, 4) is 6.07 Å². The van der Waals surface area contributed by atoms with Crippen LogP contribution < -0.4 is 0 Å². The molecule has 0 bridgehead atoms. The molecular weight excluding hydrogens is 464 g/mol. The zero-order chi connectivity index (χ0) is 25.1. The van der Waals surface area contributed by atoms with E-state index in [0.717, 1.165) is 36.2 Å². The Kier molecular flexibility index (Phi) is 7.85. The van der Waals surface area contributed by atoms with E-state index in [1.54, 1.807) is 13.0 Å². The lowest BCUT2D eigenvalue weighted by molar-refractivity contribution is -0.140. The fourth-order valence-corrected chi connectivity index (χ4v) is 5.19. The molecule has 2 saturated heterocycles. The summed E-state index contributed by atoms with van der Waals surface area (Å²) in [6.45, 7) is 10.0. The van der Waals surface area contributed by atoms with E-state index in [1.165, 1.54) is 6.20 Å². The van der Waals surface area contributed by atoms with Crippen molar-refractivity contribution in [3.63, 3.8) is 0 Å². The van der Waals surface area contributed by atoms with E-state index in [1.807, 2.05) is 24.0 Å². The van der Waals surface area contributed by atoms with Crippen molar-refractivity contribution in [2.24, 2.45) is 5.92 Å². The van der Waals surface area contributed by atoms with E-state index in [2.05, 4.69) is 22.9 Å². The van der Waals surface area contributed by atoms with Crippen LogP contribution in [-0.2, 0) is 22.5 Å². The number of carbonyl (C=O) groups excluding carboxylic acids is 2. The lowest BCUT2D eigenvalue weighted by Crippen LogP contribution is -2.55. The van der Waals surface area contributed by atoms with Gasteiger partial charge in [-0.2, -0.15) is 5.26 Å². The number of rotatable bonds is 6. The Morgan fingerprint density at radius 2 is 2.00 bits per heavy atom. The van der Waals surface area contributed by atoms with Crippen LogP contribution in [0.1, 0.15) is 51.7 Å². The minimum atomic E-state index is -0.0954. The molecule has 8 heteroatoms. The Morgan fingerprint density at radius 1 is 1.23 bits per heavy atom. The number of ether oxygens (including phenoxy) is 1. The van der Waals surface area contributed by atoms with Gasteiger partial charge in [0.15, 0.2) is 5.78 Å². The minimum absolute atomic E-state index is 0.00719. The Balaban J connectivity index is 1.44. The molecular formula is C27H31ClN4O3. The Morgan fingerprint density at radius 3 is 2.69 bits per heavy atom. The summed E-state index contributed by atoms with van der Waals surface area (Å²) < 4.78 is 5.40. The van der Waals surface area contributed by atoms with Gasteiger partial charge in [-0.15, -0.1) is 0 Å². The van der Waals surface area contributed by atoms with Crippen molar-refractivity contribution in [2.75, 3.05) is 32.8 Å². The van der Waals surface area contributed by atoms with Crippen molar-refractivity contribution in [3.05, 3.63) is 62.9 Å². The molecule has 0 saturated carbocycles. The second-order valence-electron chi connectivity index (χ2n) is 9.59. The van der Waals surface area contributed by atoms with Crippen LogP contribution in [0.15, 0.2) is 24.4 Å². The molecule has 1 aromatic carbocycles. The lowest BCUT2D eigenvalue weighted by Gasteiger charge is -2.41. The van der Waals surface area contributed by atoms with Crippen molar-refractivity contribution < 1.29 is 14.3 Å². The average Bonchev–Trinajstić information content (AvgIpc) is 3.37. The number of nitrogens with zero attached hydrogens (tertiary/aromatic N) is 4. The molecule has 4 rings (SSSR count). The number of nitriles is 1. The van der Waals surface area contributed by atoms with Crippen LogP contribution in [0.5, 0.6) is 0 Å². The maximum Gasteiger partial charge on any atom is 0.228 e. The van der Waals surface area contributed by atoms with Crippen molar-refractivity contribution in [1.29, 1.82) is 5.26 Å². The summed E-state index contributed by atoms with van der Waals surface area (Å²) in [4.78, 5) is 34.3. The molecule has 0 aliphatic carbocycles. The van der Waals surface area contributed by atoms with Crippen LogP contribution in [-0.4, -0.2) is 65.4 Å². The fourth-order valence-electron chi connectivity index (χ4n) is 4.93. The zero-order valence-corrected chi connectivity index (χ0v) is 21.3. The third-order valence-electron chi connectivity index (χ3n) is 7.14. The van der Waals surface area contributed by atoms with Crippen molar-refractivity contribution in [2.45, 2.75) is 46.2 Å². The number of aryl methyl sites for hydroxylation is 1. The van der Waals surface area contributed by atoms with Crippen LogP contribution >= 0.6 is 11.6 Å². The third-order valence-corrected chi connectivity index (χ3v) is 7.35. The Hall–Kier alpha value is -2.79. The summed E-state index contributed by atoms with van der Waals surface area (Å²) in [7, 11) is 0. The average molecular weight is 495 g/mol. The molecule has 0 unspecified atom stereocenters. The van der Waals surface area contributed by atoms with Crippen LogP contribution in [0.4, 0.5) is 0 Å². The molecule has 7 nitrogen and oxygen atoms in total. The quantitative estimate of drug-likeness (QED) is 0.569. The molecule has 1 aromatic heterocycles. The summed E-state index contributed by atoms with van der Waals surface area (Å²) in [5.74, 6) is 0.105. The normalized spacial score (nSPS) is 20.6. The number of carbonyl (C=O) groups is 2. The molecule has 0 radical (unpaired) electrons. The van der Waals surface area contributed by atoms with Gasteiger partial charge in [-0.25, -0.2) is 0 Å². The molecule has 2 fully saturated rings. The standard InChI is InChI=1S/C27H31ClN4O3/c1-17-14-31(5-6-32(17)27(34)20-4-7-35-16-20)15-24-10-25(28)9-21(18(24)2)11-26(33)23-8-22(12-29)19(3)30-13-23/h8-10,13,17,20H,4-7,11,14-16H2,1-3H3/t17-,20-/m0/s1.